The molecule has 2 aromatic heterocycles. The number of ether oxygens (including phenoxy) is 6. The summed E-state index contributed by atoms with van der Waals surface area (Å²) in [5.74, 6) is 0.254. The molecule has 2 aromatic carbocycles. The van der Waals surface area contributed by atoms with Crippen molar-refractivity contribution in [2.45, 2.75) is 13.1 Å². The summed E-state index contributed by atoms with van der Waals surface area (Å²) in [5, 5.41) is 24.4. The van der Waals surface area contributed by atoms with Gasteiger partial charge in [-0.1, -0.05) is 23.2 Å². The van der Waals surface area contributed by atoms with Crippen LogP contribution in [-0.4, -0.2) is 135 Å². The zero-order valence-corrected chi connectivity index (χ0v) is 29.7. The lowest BCUT2D eigenvalue weighted by Gasteiger charge is -2.24. The zero-order chi connectivity index (χ0) is 35.0. The van der Waals surface area contributed by atoms with Crippen molar-refractivity contribution in [3.8, 4) is 11.5 Å². The molecule has 14 heteroatoms. The molecule has 0 spiro atoms. The largest absolute Gasteiger partial charge is 0.505 e. The van der Waals surface area contributed by atoms with E-state index in [2.05, 4.69) is 19.8 Å². The van der Waals surface area contributed by atoms with E-state index in [1.165, 1.54) is 0 Å². The fourth-order valence-electron chi connectivity index (χ4n) is 5.60. The number of aromatic hydroxyl groups is 2. The number of fused-ring (bicyclic) bond motifs is 2. The Bertz CT molecular complexity index is 1490. The first-order chi connectivity index (χ1) is 24.5. The molecule has 2 N–H and O–H groups in total. The highest BCUT2D eigenvalue weighted by molar-refractivity contribution is 6.36. The van der Waals surface area contributed by atoms with Gasteiger partial charge in [0.15, 0.2) is 0 Å². The standard InChI is InChI=1S/C36H46Cl2N4O8/c37-31-23-27(35(43)33-29(31)3-1-5-39-33)25-41-7-11-45-15-19-49-21-17-47-13-9-42(10-14-48-18-22-50-20-16-46-12-8-41)26-28-24-32(38)30-4-2-6-40-34(30)36(28)44/h1-6,23-24,43-44H,7-22,25-26H2. The molecule has 0 saturated carbocycles. The summed E-state index contributed by atoms with van der Waals surface area (Å²) in [6, 6.07) is 10.9. The van der Waals surface area contributed by atoms with Crippen LogP contribution in [0.5, 0.6) is 11.5 Å². The van der Waals surface area contributed by atoms with Crippen LogP contribution in [0.2, 0.25) is 10.0 Å². The van der Waals surface area contributed by atoms with Crippen molar-refractivity contribution >= 4 is 45.0 Å². The third-order valence-corrected chi connectivity index (χ3v) is 8.90. The molecule has 0 radical (unpaired) electrons. The van der Waals surface area contributed by atoms with Crippen molar-refractivity contribution in [1.82, 2.24) is 19.8 Å². The van der Waals surface area contributed by atoms with E-state index in [1.54, 1.807) is 36.7 Å². The van der Waals surface area contributed by atoms with E-state index in [1.807, 2.05) is 12.1 Å². The van der Waals surface area contributed by atoms with Crippen LogP contribution >= 0.6 is 23.2 Å². The van der Waals surface area contributed by atoms with Gasteiger partial charge in [-0.2, -0.15) is 0 Å². The van der Waals surface area contributed by atoms with Crippen molar-refractivity contribution in [2.24, 2.45) is 0 Å². The lowest BCUT2D eigenvalue weighted by molar-refractivity contribution is -0.00694. The van der Waals surface area contributed by atoms with Crippen molar-refractivity contribution in [3.63, 3.8) is 0 Å². The Morgan fingerprint density at radius 3 is 1.18 bits per heavy atom. The number of pyridine rings is 2. The maximum atomic E-state index is 10.9. The van der Waals surface area contributed by atoms with E-state index in [0.717, 1.165) is 0 Å². The van der Waals surface area contributed by atoms with Gasteiger partial charge in [0.1, 0.15) is 22.5 Å². The number of rotatable bonds is 4. The van der Waals surface area contributed by atoms with E-state index < -0.39 is 0 Å². The average Bonchev–Trinajstić information content (AvgIpc) is 3.13. The highest BCUT2D eigenvalue weighted by Gasteiger charge is 2.17. The molecule has 0 atom stereocenters. The second-order valence-corrected chi connectivity index (χ2v) is 12.6. The van der Waals surface area contributed by atoms with E-state index in [4.69, 9.17) is 51.6 Å². The number of nitrogens with zero attached hydrogens (tertiary/aromatic N) is 4. The molecular weight excluding hydrogens is 687 g/mol. The first-order valence-electron chi connectivity index (χ1n) is 16.9. The lowest BCUT2D eigenvalue weighted by atomic mass is 10.1. The van der Waals surface area contributed by atoms with Crippen LogP contribution < -0.4 is 0 Å². The molecule has 0 bridgehead atoms. The van der Waals surface area contributed by atoms with Gasteiger partial charge in [-0.05, 0) is 36.4 Å². The quantitative estimate of drug-likeness (QED) is 0.296. The van der Waals surface area contributed by atoms with Crippen molar-refractivity contribution in [3.05, 3.63) is 70.0 Å². The molecule has 0 amide bonds. The van der Waals surface area contributed by atoms with E-state index in [-0.39, 0.29) is 11.5 Å². The Morgan fingerprint density at radius 2 is 0.840 bits per heavy atom. The molecule has 50 heavy (non-hydrogen) atoms. The molecule has 3 heterocycles. The number of benzene rings is 2. The minimum Gasteiger partial charge on any atom is -0.505 e. The summed E-state index contributed by atoms with van der Waals surface area (Å²) in [4.78, 5) is 13.0. The molecule has 12 nitrogen and oxygen atoms in total. The summed E-state index contributed by atoms with van der Waals surface area (Å²) in [5.41, 5.74) is 2.35. The maximum Gasteiger partial charge on any atom is 0.146 e. The Balaban J connectivity index is 1.11. The molecule has 4 aromatic rings. The molecular formula is C36H46Cl2N4O8. The Kier molecular flexibility index (Phi) is 16.0. The van der Waals surface area contributed by atoms with Crippen molar-refractivity contribution < 1.29 is 38.6 Å². The second kappa shape index (κ2) is 20.8. The number of halogens is 2. The Labute approximate surface area is 302 Å². The summed E-state index contributed by atoms with van der Waals surface area (Å²) in [6.45, 7) is 8.85. The van der Waals surface area contributed by atoms with Crippen LogP contribution in [0.4, 0.5) is 0 Å². The molecule has 1 aliphatic heterocycles. The van der Waals surface area contributed by atoms with Crippen LogP contribution in [0.25, 0.3) is 21.8 Å². The monoisotopic (exact) mass is 732 g/mol. The van der Waals surface area contributed by atoms with E-state index in [0.29, 0.717) is 162 Å². The van der Waals surface area contributed by atoms with Crippen LogP contribution in [0.3, 0.4) is 0 Å². The minimum absolute atomic E-state index is 0.127. The molecule has 272 valence electrons. The molecule has 1 aliphatic rings. The predicted octanol–water partition coefficient (Wildman–Crippen LogP) is 4.92. The molecule has 1 saturated heterocycles. The molecule has 0 aliphatic carbocycles. The van der Waals surface area contributed by atoms with Crippen LogP contribution in [-0.2, 0) is 41.5 Å². The van der Waals surface area contributed by atoms with Gasteiger partial charge >= 0.3 is 0 Å². The summed E-state index contributed by atoms with van der Waals surface area (Å²) in [6.07, 6.45) is 3.28. The van der Waals surface area contributed by atoms with Gasteiger partial charge in [0.2, 0.25) is 0 Å². The molecule has 5 rings (SSSR count). The SMILES string of the molecule is Oc1c(CN2CCOCCOCCOCCN(Cc3cc(Cl)c4cccnc4c3O)CCOCCOCCOCC2)cc(Cl)c2cccnc12. The number of aromatic nitrogens is 2. The van der Waals surface area contributed by atoms with Gasteiger partial charge in [0.05, 0.1) is 89.3 Å². The van der Waals surface area contributed by atoms with Gasteiger partial charge in [-0.3, -0.25) is 19.8 Å². The second-order valence-electron chi connectivity index (χ2n) is 11.8. The fraction of sp³-hybridized carbons (Fsp3) is 0.500. The van der Waals surface area contributed by atoms with Crippen LogP contribution in [0, 0.1) is 0 Å². The van der Waals surface area contributed by atoms with Gasteiger partial charge in [-0.15, -0.1) is 0 Å². The van der Waals surface area contributed by atoms with Gasteiger partial charge in [0.25, 0.3) is 0 Å². The summed E-state index contributed by atoms with van der Waals surface area (Å²) in [7, 11) is 0. The number of hydrogen-bond acceptors (Lipinski definition) is 12. The summed E-state index contributed by atoms with van der Waals surface area (Å²) < 4.78 is 34.9. The zero-order valence-electron chi connectivity index (χ0n) is 28.2. The minimum atomic E-state index is 0.127. The highest BCUT2D eigenvalue weighted by atomic mass is 35.5. The van der Waals surface area contributed by atoms with Gasteiger partial charge < -0.3 is 38.6 Å². The fourth-order valence-corrected chi connectivity index (χ4v) is 6.17. The van der Waals surface area contributed by atoms with Crippen LogP contribution in [0.15, 0.2) is 48.8 Å². The third-order valence-electron chi connectivity index (χ3n) is 8.27. The highest BCUT2D eigenvalue weighted by Crippen LogP contribution is 2.34. The molecule has 0 unspecified atom stereocenters. The average molecular weight is 734 g/mol. The van der Waals surface area contributed by atoms with Crippen molar-refractivity contribution in [1.29, 1.82) is 0 Å². The van der Waals surface area contributed by atoms with E-state index in [9.17, 15) is 10.2 Å². The van der Waals surface area contributed by atoms with Gasteiger partial charge in [-0.25, -0.2) is 0 Å². The first kappa shape index (κ1) is 38.4. The Morgan fingerprint density at radius 1 is 0.520 bits per heavy atom. The Hall–Kier alpha value is -2.88. The lowest BCUT2D eigenvalue weighted by Crippen LogP contribution is -2.32. The predicted molar refractivity (Wildman–Crippen MR) is 192 cm³/mol. The smallest absolute Gasteiger partial charge is 0.146 e. The first-order valence-corrected chi connectivity index (χ1v) is 17.7. The third kappa shape index (κ3) is 11.6. The van der Waals surface area contributed by atoms with Crippen molar-refractivity contribution in [2.75, 3.05) is 105 Å². The molecule has 1 fully saturated rings. The van der Waals surface area contributed by atoms with E-state index >= 15 is 0 Å². The normalized spacial score (nSPS) is 18.6. The number of phenolic OH excluding ortho intramolecular Hbond substituents is 2. The summed E-state index contributed by atoms with van der Waals surface area (Å²) >= 11 is 13.0. The van der Waals surface area contributed by atoms with Crippen LogP contribution in [0.1, 0.15) is 11.1 Å². The topological polar surface area (TPSA) is 128 Å². The number of hydrogen-bond donors (Lipinski definition) is 2. The number of phenols is 2. The van der Waals surface area contributed by atoms with Gasteiger partial charge in [0, 0.05) is 73.6 Å². The maximum absolute atomic E-state index is 10.9.